The van der Waals surface area contributed by atoms with Crippen molar-refractivity contribution in [3.05, 3.63) is 95.7 Å². The van der Waals surface area contributed by atoms with Crippen molar-refractivity contribution in [2.75, 3.05) is 13.3 Å². The zero-order valence-electron chi connectivity index (χ0n) is 18.1. The summed E-state index contributed by atoms with van der Waals surface area (Å²) in [5.41, 5.74) is 4.55. The summed E-state index contributed by atoms with van der Waals surface area (Å²) >= 11 is 0. The molecule has 1 unspecified atom stereocenters. The average molecular weight is 427 g/mol. The van der Waals surface area contributed by atoms with Crippen LogP contribution in [0.15, 0.2) is 79.0 Å². The second kappa shape index (κ2) is 8.79. The van der Waals surface area contributed by atoms with Gasteiger partial charge in [0.05, 0.1) is 0 Å². The van der Waals surface area contributed by atoms with Gasteiger partial charge in [0, 0.05) is 43.0 Å². The number of nitrogens with one attached hydrogen (secondary N) is 1. The van der Waals surface area contributed by atoms with E-state index in [1.165, 1.54) is 5.56 Å². The van der Waals surface area contributed by atoms with Crippen molar-refractivity contribution in [1.29, 1.82) is 0 Å². The highest BCUT2D eigenvalue weighted by Crippen LogP contribution is 2.39. The van der Waals surface area contributed by atoms with Crippen LogP contribution in [0.1, 0.15) is 29.0 Å². The van der Waals surface area contributed by atoms with Crippen LogP contribution in [0.3, 0.4) is 0 Å². The maximum Gasteiger partial charge on any atom is 0.231 e. The molecule has 3 aromatic carbocycles. The first-order valence-electron chi connectivity index (χ1n) is 10.9. The molecule has 1 aliphatic rings. The van der Waals surface area contributed by atoms with Gasteiger partial charge in [-0.05, 0) is 41.3 Å². The molecule has 0 aliphatic carbocycles. The fraction of sp³-hybridized carbons (Fsp3) is 0.222. The number of rotatable bonds is 7. The van der Waals surface area contributed by atoms with Crippen LogP contribution in [-0.2, 0) is 18.3 Å². The number of ether oxygens (including phenoxy) is 2. The van der Waals surface area contributed by atoms with Gasteiger partial charge >= 0.3 is 0 Å². The Morgan fingerprint density at radius 3 is 2.66 bits per heavy atom. The molecule has 1 atom stereocenters. The van der Waals surface area contributed by atoms with E-state index in [0.717, 1.165) is 39.9 Å². The van der Waals surface area contributed by atoms with Gasteiger partial charge in [-0.15, -0.1) is 0 Å². The van der Waals surface area contributed by atoms with Crippen molar-refractivity contribution in [2.45, 2.75) is 18.8 Å². The van der Waals surface area contributed by atoms with Crippen molar-refractivity contribution in [1.82, 2.24) is 9.88 Å². The number of carbonyl (C=O) groups is 1. The fourth-order valence-electron chi connectivity index (χ4n) is 4.44. The van der Waals surface area contributed by atoms with E-state index in [9.17, 15) is 4.79 Å². The van der Waals surface area contributed by atoms with Crippen LogP contribution in [0.2, 0.25) is 0 Å². The van der Waals surface area contributed by atoms with Crippen LogP contribution in [0.5, 0.6) is 11.5 Å². The predicted octanol–water partition coefficient (Wildman–Crippen LogP) is 4.79. The normalized spacial score (nSPS) is 13.3. The maximum atomic E-state index is 13.0. The van der Waals surface area contributed by atoms with E-state index in [-0.39, 0.29) is 18.6 Å². The Hall–Kier alpha value is -3.73. The molecule has 5 heteroatoms. The zero-order valence-corrected chi connectivity index (χ0v) is 18.1. The largest absolute Gasteiger partial charge is 0.454 e. The number of carbonyl (C=O) groups excluding carboxylic acids is 1. The molecule has 4 aromatic rings. The molecule has 1 aliphatic heterocycles. The number of nitrogens with zero attached hydrogens (tertiary/aromatic N) is 1. The van der Waals surface area contributed by atoms with Crippen molar-refractivity contribution < 1.29 is 14.3 Å². The highest BCUT2D eigenvalue weighted by molar-refractivity contribution is 5.86. The van der Waals surface area contributed by atoms with Crippen molar-refractivity contribution in [3.63, 3.8) is 0 Å². The molecule has 5 rings (SSSR count). The first kappa shape index (κ1) is 20.2. The number of aryl methyl sites for hydroxylation is 1. The number of hydrogen-bond acceptors (Lipinski definition) is 3. The summed E-state index contributed by atoms with van der Waals surface area (Å²) in [4.78, 5) is 13.0. The first-order valence-corrected chi connectivity index (χ1v) is 10.9. The number of aromatic nitrogens is 1. The molecule has 1 amide bonds. The summed E-state index contributed by atoms with van der Waals surface area (Å²) in [7, 11) is 2.04. The Labute approximate surface area is 187 Å². The second-order valence-electron chi connectivity index (χ2n) is 8.17. The molecular formula is C27H26N2O3. The number of hydrogen-bond donors (Lipinski definition) is 1. The minimum absolute atomic E-state index is 0.0385. The smallest absolute Gasteiger partial charge is 0.231 e. The summed E-state index contributed by atoms with van der Waals surface area (Å²) in [6.45, 7) is 0.851. The summed E-state index contributed by atoms with van der Waals surface area (Å²) in [5, 5.41) is 4.27. The van der Waals surface area contributed by atoms with E-state index in [1.54, 1.807) is 0 Å². The number of amides is 1. The fourth-order valence-corrected chi connectivity index (χ4v) is 4.44. The SMILES string of the molecule is Cn1cc(C(CC(=O)NCCc2ccccc2)c2ccc3c(c2)OCO3)c2ccccc21. The number of benzene rings is 3. The molecule has 0 spiro atoms. The molecule has 0 radical (unpaired) electrons. The third-order valence-corrected chi connectivity index (χ3v) is 6.07. The standard InChI is InChI=1S/C27H26N2O3/c1-29-17-23(21-9-5-6-10-24(21)29)22(20-11-12-25-26(15-20)32-18-31-25)16-27(30)28-14-13-19-7-3-2-4-8-19/h2-12,15,17,22H,13-14,16,18H2,1H3,(H,28,30). The molecule has 5 nitrogen and oxygen atoms in total. The molecule has 0 bridgehead atoms. The Morgan fingerprint density at radius 1 is 1.00 bits per heavy atom. The Kier molecular flexibility index (Phi) is 5.55. The molecule has 0 saturated heterocycles. The molecule has 0 fully saturated rings. The summed E-state index contributed by atoms with van der Waals surface area (Å²) in [5.74, 6) is 1.43. The second-order valence-corrected chi connectivity index (χ2v) is 8.17. The summed E-state index contributed by atoms with van der Waals surface area (Å²) in [6, 6.07) is 24.5. The van der Waals surface area contributed by atoms with Gasteiger partial charge in [0.25, 0.3) is 0 Å². The van der Waals surface area contributed by atoms with Crippen molar-refractivity contribution in [3.8, 4) is 11.5 Å². The van der Waals surface area contributed by atoms with E-state index in [2.05, 4.69) is 40.3 Å². The van der Waals surface area contributed by atoms with Gasteiger partial charge in [-0.1, -0.05) is 54.6 Å². The average Bonchev–Trinajstić information content (AvgIpc) is 3.42. The van der Waals surface area contributed by atoms with Crippen LogP contribution in [0.4, 0.5) is 0 Å². The molecule has 2 heterocycles. The molecule has 0 saturated carbocycles. The first-order chi connectivity index (χ1) is 15.7. The summed E-state index contributed by atoms with van der Waals surface area (Å²) < 4.78 is 13.2. The molecule has 32 heavy (non-hydrogen) atoms. The van der Waals surface area contributed by atoms with Crippen molar-refractivity contribution >= 4 is 16.8 Å². The lowest BCUT2D eigenvalue weighted by Gasteiger charge is -2.18. The Bertz CT molecular complexity index is 1250. The maximum absolute atomic E-state index is 13.0. The lowest BCUT2D eigenvalue weighted by atomic mass is 9.87. The van der Waals surface area contributed by atoms with Crippen molar-refractivity contribution in [2.24, 2.45) is 7.05 Å². The van der Waals surface area contributed by atoms with Gasteiger partial charge in [0.15, 0.2) is 11.5 Å². The molecule has 1 aromatic heterocycles. The van der Waals surface area contributed by atoms with Crippen LogP contribution >= 0.6 is 0 Å². The number of para-hydroxylation sites is 1. The van der Waals surface area contributed by atoms with Gasteiger partial charge < -0.3 is 19.4 Å². The van der Waals surface area contributed by atoms with Crippen LogP contribution in [-0.4, -0.2) is 23.8 Å². The lowest BCUT2D eigenvalue weighted by Crippen LogP contribution is -2.27. The topological polar surface area (TPSA) is 52.5 Å². The molecule has 162 valence electrons. The van der Waals surface area contributed by atoms with Gasteiger partial charge in [-0.3, -0.25) is 4.79 Å². The minimum Gasteiger partial charge on any atom is -0.454 e. The van der Waals surface area contributed by atoms with E-state index in [0.29, 0.717) is 13.0 Å². The van der Waals surface area contributed by atoms with E-state index >= 15 is 0 Å². The van der Waals surface area contributed by atoms with E-state index in [1.807, 2.05) is 55.6 Å². The van der Waals surface area contributed by atoms with Gasteiger partial charge in [0.1, 0.15) is 0 Å². The monoisotopic (exact) mass is 426 g/mol. The predicted molar refractivity (Wildman–Crippen MR) is 125 cm³/mol. The lowest BCUT2D eigenvalue weighted by molar-refractivity contribution is -0.121. The van der Waals surface area contributed by atoms with Gasteiger partial charge in [-0.25, -0.2) is 0 Å². The third-order valence-electron chi connectivity index (χ3n) is 6.07. The molecular weight excluding hydrogens is 400 g/mol. The van der Waals surface area contributed by atoms with Crippen LogP contribution < -0.4 is 14.8 Å². The Balaban J connectivity index is 1.41. The van der Waals surface area contributed by atoms with E-state index in [4.69, 9.17) is 9.47 Å². The highest BCUT2D eigenvalue weighted by atomic mass is 16.7. The van der Waals surface area contributed by atoms with Crippen LogP contribution in [0.25, 0.3) is 10.9 Å². The van der Waals surface area contributed by atoms with Gasteiger partial charge in [0.2, 0.25) is 12.7 Å². The van der Waals surface area contributed by atoms with Crippen LogP contribution in [0, 0.1) is 0 Å². The van der Waals surface area contributed by atoms with Gasteiger partial charge in [-0.2, -0.15) is 0 Å². The summed E-state index contributed by atoms with van der Waals surface area (Å²) in [6.07, 6.45) is 3.31. The quantitative estimate of drug-likeness (QED) is 0.462. The third kappa shape index (κ3) is 4.06. The molecule has 1 N–H and O–H groups in total. The number of fused-ring (bicyclic) bond motifs is 2. The highest BCUT2D eigenvalue weighted by Gasteiger charge is 2.24. The zero-order chi connectivity index (χ0) is 21.9. The Morgan fingerprint density at radius 2 is 1.78 bits per heavy atom. The van der Waals surface area contributed by atoms with E-state index < -0.39 is 0 Å². The minimum atomic E-state index is -0.0904.